The minimum Gasteiger partial charge on any atom is -0.393 e. The monoisotopic (exact) mass is 205 g/mol. The van der Waals surface area contributed by atoms with Crippen LogP contribution in [0.5, 0.6) is 0 Å². The van der Waals surface area contributed by atoms with Crippen molar-refractivity contribution in [2.75, 3.05) is 19.8 Å². The molecule has 2 aliphatic heterocycles. The first-order valence-corrected chi connectivity index (χ1v) is 4.16. The Hall–Kier alpha value is -0.890. The Morgan fingerprint density at radius 3 is 2.29 bits per heavy atom. The van der Waals surface area contributed by atoms with Crippen LogP contribution in [0.15, 0.2) is 0 Å². The van der Waals surface area contributed by atoms with Gasteiger partial charge in [0, 0.05) is 0 Å². The quantitative estimate of drug-likeness (QED) is 0.234. The van der Waals surface area contributed by atoms with Gasteiger partial charge in [-0.25, -0.2) is 0 Å². The largest absolute Gasteiger partial charge is 0.393 e. The molecule has 7 N–H and O–H groups in total. The van der Waals surface area contributed by atoms with Crippen molar-refractivity contribution in [2.45, 2.75) is 17.8 Å². The predicted octanol–water partition coefficient (Wildman–Crippen LogP) is -2.65. The van der Waals surface area contributed by atoms with Gasteiger partial charge in [0.2, 0.25) is 0 Å². The van der Waals surface area contributed by atoms with Crippen LogP contribution in [-0.2, 0) is 9.47 Å². The summed E-state index contributed by atoms with van der Waals surface area (Å²) in [6, 6.07) is 0. The highest BCUT2D eigenvalue weighted by Crippen LogP contribution is 2.34. The van der Waals surface area contributed by atoms with Crippen molar-refractivity contribution in [3.05, 3.63) is 0 Å². The van der Waals surface area contributed by atoms with Crippen LogP contribution in [0.1, 0.15) is 0 Å². The Bertz CT molecular complexity index is 211. The van der Waals surface area contributed by atoms with E-state index in [1.165, 1.54) is 0 Å². The third-order valence-corrected chi connectivity index (χ3v) is 2.24. The molecule has 0 aromatic rings. The average molecular weight is 205 g/mol. The smallest absolute Gasteiger partial charge is 0.183 e. The first-order valence-electron chi connectivity index (χ1n) is 4.16. The maximum atomic E-state index is 9.37. The molecule has 0 radical (unpaired) electrons. The molecule has 2 aliphatic rings. The third kappa shape index (κ3) is 1.95. The van der Waals surface area contributed by atoms with Crippen molar-refractivity contribution in [3.8, 4) is 0 Å². The lowest BCUT2D eigenvalue weighted by atomic mass is 10.0. The summed E-state index contributed by atoms with van der Waals surface area (Å²) in [6.45, 7) is 0.557. The molecule has 7 nitrogen and oxygen atoms in total. The van der Waals surface area contributed by atoms with Gasteiger partial charge in [-0.05, 0) is 0 Å². The highest BCUT2D eigenvalue weighted by Gasteiger charge is 2.55. The molecule has 3 atom stereocenters. The normalized spacial score (nSPS) is 39.0. The number of ether oxygens (including phenoxy) is 2. The highest BCUT2D eigenvalue weighted by molar-refractivity contribution is 5.71. The molecule has 0 aliphatic carbocycles. The first-order chi connectivity index (χ1) is 6.52. The first kappa shape index (κ1) is 11.2. The fourth-order valence-electron chi connectivity index (χ4n) is 1.46. The highest BCUT2D eigenvalue weighted by atomic mass is 16.6. The van der Waals surface area contributed by atoms with Gasteiger partial charge in [-0.3, -0.25) is 5.41 Å². The number of guanidine groups is 1. The molecule has 2 heterocycles. The summed E-state index contributed by atoms with van der Waals surface area (Å²) in [5.41, 5.74) is 8.14. The van der Waals surface area contributed by atoms with Gasteiger partial charge < -0.3 is 31.2 Å². The summed E-state index contributed by atoms with van der Waals surface area (Å²) >= 11 is 0. The summed E-state index contributed by atoms with van der Waals surface area (Å²) in [5, 5.41) is 24.3. The van der Waals surface area contributed by atoms with Gasteiger partial charge in [-0.15, -0.1) is 0 Å². The second-order valence-electron chi connectivity index (χ2n) is 3.28. The minimum atomic E-state index is -0.801. The topological polar surface area (TPSA) is 135 Å². The number of nitrogens with one attached hydrogen (secondary N) is 1. The lowest BCUT2D eigenvalue weighted by Gasteiger charge is -2.23. The lowest BCUT2D eigenvalue weighted by molar-refractivity contribution is -0.122. The standard InChI is InChI=1S/C6H10O4.CH5N3/c7-2-6-3-9-4(1-10-6)5(6)8;2-1(3)4/h4-5,7-8H,1-3H2;(H5,2,3,4)/t4?,5-,6?;/m0./s1. The molecule has 2 rings (SSSR count). The van der Waals surface area contributed by atoms with Crippen LogP contribution >= 0.6 is 0 Å². The number of aliphatic hydroxyl groups excluding tert-OH is 2. The molecule has 2 fully saturated rings. The van der Waals surface area contributed by atoms with Crippen LogP contribution in [0.25, 0.3) is 0 Å². The molecule has 7 heteroatoms. The Balaban J connectivity index is 0.000000213. The van der Waals surface area contributed by atoms with Gasteiger partial charge in [0.05, 0.1) is 19.8 Å². The van der Waals surface area contributed by atoms with Gasteiger partial charge in [-0.2, -0.15) is 0 Å². The van der Waals surface area contributed by atoms with Crippen molar-refractivity contribution in [1.29, 1.82) is 5.41 Å². The van der Waals surface area contributed by atoms with Crippen LogP contribution in [-0.4, -0.2) is 53.8 Å². The molecular formula is C7H15N3O4. The van der Waals surface area contributed by atoms with E-state index in [-0.39, 0.29) is 18.7 Å². The molecule has 82 valence electrons. The summed E-state index contributed by atoms with van der Waals surface area (Å²) in [4.78, 5) is 0. The molecule has 2 unspecified atom stereocenters. The molecule has 2 saturated heterocycles. The van der Waals surface area contributed by atoms with Crippen molar-refractivity contribution in [3.63, 3.8) is 0 Å². The molecule has 14 heavy (non-hydrogen) atoms. The van der Waals surface area contributed by atoms with Crippen molar-refractivity contribution >= 4 is 5.96 Å². The van der Waals surface area contributed by atoms with E-state index in [9.17, 15) is 5.11 Å². The average Bonchev–Trinajstić information content (AvgIpc) is 2.60. The number of rotatable bonds is 1. The zero-order chi connectivity index (χ0) is 10.8. The Kier molecular flexibility index (Phi) is 3.27. The number of hydrogen-bond donors (Lipinski definition) is 5. The Morgan fingerprint density at radius 2 is 2.14 bits per heavy atom. The van der Waals surface area contributed by atoms with Crippen LogP contribution in [0, 0.1) is 5.41 Å². The molecule has 0 aromatic heterocycles. The molecule has 0 aromatic carbocycles. The van der Waals surface area contributed by atoms with E-state index in [0.29, 0.717) is 13.2 Å². The fraction of sp³-hybridized carbons (Fsp3) is 0.857. The SMILES string of the molecule is N=C(N)N.OCC12COC(CO1)[C@@H]2O. The molecular weight excluding hydrogens is 190 g/mol. The zero-order valence-corrected chi connectivity index (χ0v) is 7.64. The predicted molar refractivity (Wildman–Crippen MR) is 47.6 cm³/mol. The van der Waals surface area contributed by atoms with Crippen LogP contribution in [0.2, 0.25) is 0 Å². The van der Waals surface area contributed by atoms with E-state index in [2.05, 4.69) is 11.5 Å². The number of hydrogen-bond acceptors (Lipinski definition) is 5. The van der Waals surface area contributed by atoms with Gasteiger partial charge in [0.1, 0.15) is 17.8 Å². The molecule has 0 amide bonds. The summed E-state index contributed by atoms with van der Waals surface area (Å²) in [5.74, 6) is -0.333. The van der Waals surface area contributed by atoms with E-state index < -0.39 is 11.7 Å². The summed E-state index contributed by atoms with van der Waals surface area (Å²) < 4.78 is 10.3. The molecule has 2 bridgehead atoms. The maximum Gasteiger partial charge on any atom is 0.183 e. The summed E-state index contributed by atoms with van der Waals surface area (Å²) in [6.07, 6.45) is -0.857. The van der Waals surface area contributed by atoms with Gasteiger partial charge >= 0.3 is 0 Å². The van der Waals surface area contributed by atoms with Gasteiger partial charge in [0.25, 0.3) is 0 Å². The summed E-state index contributed by atoms with van der Waals surface area (Å²) in [7, 11) is 0. The molecule has 0 saturated carbocycles. The van der Waals surface area contributed by atoms with E-state index >= 15 is 0 Å². The van der Waals surface area contributed by atoms with Crippen molar-refractivity contribution in [1.82, 2.24) is 0 Å². The van der Waals surface area contributed by atoms with E-state index in [1.807, 2.05) is 0 Å². The van der Waals surface area contributed by atoms with E-state index in [1.54, 1.807) is 0 Å². The number of nitrogens with two attached hydrogens (primary N) is 2. The number of aliphatic hydroxyl groups is 2. The number of fused-ring (bicyclic) bond motifs is 2. The van der Waals surface area contributed by atoms with Gasteiger partial charge in [0.15, 0.2) is 5.96 Å². The third-order valence-electron chi connectivity index (χ3n) is 2.24. The Morgan fingerprint density at radius 1 is 1.57 bits per heavy atom. The van der Waals surface area contributed by atoms with E-state index in [4.69, 9.17) is 20.0 Å². The minimum absolute atomic E-state index is 0.162. The van der Waals surface area contributed by atoms with Crippen molar-refractivity contribution < 1.29 is 19.7 Å². The Labute approximate surface area is 81.1 Å². The van der Waals surface area contributed by atoms with Crippen LogP contribution in [0.4, 0.5) is 0 Å². The van der Waals surface area contributed by atoms with Gasteiger partial charge in [-0.1, -0.05) is 0 Å². The van der Waals surface area contributed by atoms with Crippen LogP contribution in [0.3, 0.4) is 0 Å². The fourth-order valence-corrected chi connectivity index (χ4v) is 1.46. The second kappa shape index (κ2) is 4.09. The van der Waals surface area contributed by atoms with Crippen LogP contribution < -0.4 is 11.5 Å². The maximum absolute atomic E-state index is 9.37. The van der Waals surface area contributed by atoms with E-state index in [0.717, 1.165) is 0 Å². The van der Waals surface area contributed by atoms with Crippen molar-refractivity contribution in [2.24, 2.45) is 11.5 Å². The lowest BCUT2D eigenvalue weighted by Crippen LogP contribution is -2.43. The second-order valence-corrected chi connectivity index (χ2v) is 3.28. The zero-order valence-electron chi connectivity index (χ0n) is 7.64. The molecule has 0 spiro atoms.